The Balaban J connectivity index is 1.79. The van der Waals surface area contributed by atoms with Crippen LogP contribution in [0.2, 0.25) is 0 Å². The van der Waals surface area contributed by atoms with Gasteiger partial charge < -0.3 is 15.5 Å². The summed E-state index contributed by atoms with van der Waals surface area (Å²) in [5.41, 5.74) is 1.28. The van der Waals surface area contributed by atoms with Crippen molar-refractivity contribution in [3.63, 3.8) is 0 Å². The Morgan fingerprint density at radius 3 is 2.78 bits per heavy atom. The first-order chi connectivity index (χ1) is 8.57. The van der Waals surface area contributed by atoms with Gasteiger partial charge in [-0.25, -0.2) is 4.79 Å². The predicted octanol–water partition coefficient (Wildman–Crippen LogP) is 2.36. The van der Waals surface area contributed by atoms with E-state index in [0.717, 1.165) is 17.8 Å². The van der Waals surface area contributed by atoms with Crippen LogP contribution in [0.15, 0.2) is 35.5 Å². The van der Waals surface area contributed by atoms with Crippen LogP contribution in [0.25, 0.3) is 0 Å². The molecule has 0 radical (unpaired) electrons. The van der Waals surface area contributed by atoms with E-state index in [4.69, 9.17) is 4.84 Å². The molecule has 0 spiro atoms. The van der Waals surface area contributed by atoms with Crippen molar-refractivity contribution in [3.8, 4) is 0 Å². The second-order valence-corrected chi connectivity index (χ2v) is 4.72. The number of para-hydroxylation sites is 1. The highest BCUT2D eigenvalue weighted by Crippen LogP contribution is 2.22. The molecule has 0 fully saturated rings. The summed E-state index contributed by atoms with van der Waals surface area (Å²) in [7, 11) is 0. The number of carbonyl (C=O) groups excluding carboxylic acids is 1. The highest BCUT2D eigenvalue weighted by Gasteiger charge is 2.32. The maximum absolute atomic E-state index is 11.7. The van der Waals surface area contributed by atoms with Crippen LogP contribution in [-0.4, -0.2) is 23.9 Å². The van der Waals surface area contributed by atoms with E-state index in [2.05, 4.69) is 15.8 Å². The summed E-state index contributed by atoms with van der Waals surface area (Å²) in [5, 5.41) is 9.43. The molecule has 1 unspecified atom stereocenters. The number of anilines is 1. The molecule has 2 rings (SSSR count). The molecule has 5 nitrogen and oxygen atoms in total. The standard InChI is InChI=1S/C13H17N3O2/c1-10-8-13(2,18-16-10)9-14-12(17)15-11-6-4-3-5-7-11/h3-7H,8-9H2,1-2H3,(H2,14,15,17). The van der Waals surface area contributed by atoms with Crippen molar-refractivity contribution in [1.29, 1.82) is 0 Å². The van der Waals surface area contributed by atoms with Crippen LogP contribution in [0.4, 0.5) is 10.5 Å². The van der Waals surface area contributed by atoms with Crippen molar-refractivity contribution in [2.24, 2.45) is 5.16 Å². The van der Waals surface area contributed by atoms with Crippen LogP contribution in [-0.2, 0) is 4.84 Å². The molecule has 18 heavy (non-hydrogen) atoms. The second kappa shape index (κ2) is 5.08. The van der Waals surface area contributed by atoms with Gasteiger partial charge in [0.2, 0.25) is 0 Å². The Labute approximate surface area is 106 Å². The number of nitrogens with one attached hydrogen (secondary N) is 2. The van der Waals surface area contributed by atoms with Gasteiger partial charge in [0.15, 0.2) is 5.60 Å². The number of hydrogen-bond donors (Lipinski definition) is 2. The Kier molecular flexibility index (Phi) is 3.50. The Morgan fingerprint density at radius 1 is 1.44 bits per heavy atom. The lowest BCUT2D eigenvalue weighted by atomic mass is 10.0. The lowest BCUT2D eigenvalue weighted by Gasteiger charge is -2.21. The molecule has 1 aliphatic heterocycles. The first-order valence-corrected chi connectivity index (χ1v) is 5.89. The van der Waals surface area contributed by atoms with E-state index < -0.39 is 5.60 Å². The SMILES string of the molecule is CC1=NOC(C)(CNC(=O)Nc2ccccc2)C1. The fraction of sp³-hybridized carbons (Fsp3) is 0.385. The summed E-state index contributed by atoms with van der Waals surface area (Å²) < 4.78 is 0. The summed E-state index contributed by atoms with van der Waals surface area (Å²) in [6, 6.07) is 9.07. The number of nitrogens with zero attached hydrogens (tertiary/aromatic N) is 1. The summed E-state index contributed by atoms with van der Waals surface area (Å²) >= 11 is 0. The minimum atomic E-state index is -0.432. The number of hydrogen-bond acceptors (Lipinski definition) is 3. The monoisotopic (exact) mass is 247 g/mol. The summed E-state index contributed by atoms with van der Waals surface area (Å²) in [5.74, 6) is 0. The smallest absolute Gasteiger partial charge is 0.319 e. The van der Waals surface area contributed by atoms with Crippen molar-refractivity contribution in [1.82, 2.24) is 5.32 Å². The van der Waals surface area contributed by atoms with Gasteiger partial charge in [-0.2, -0.15) is 0 Å². The molecular weight excluding hydrogens is 230 g/mol. The average molecular weight is 247 g/mol. The normalized spacial score (nSPS) is 22.0. The minimum Gasteiger partial charge on any atom is -0.387 e. The number of oxime groups is 1. The average Bonchev–Trinajstić information content (AvgIpc) is 2.69. The third-order valence-corrected chi connectivity index (χ3v) is 2.71. The van der Waals surface area contributed by atoms with Crippen LogP contribution >= 0.6 is 0 Å². The van der Waals surface area contributed by atoms with E-state index in [1.54, 1.807) is 0 Å². The third kappa shape index (κ3) is 3.23. The van der Waals surface area contributed by atoms with Crippen molar-refractivity contribution in [3.05, 3.63) is 30.3 Å². The zero-order valence-electron chi connectivity index (χ0n) is 10.6. The van der Waals surface area contributed by atoms with Crippen molar-refractivity contribution in [2.75, 3.05) is 11.9 Å². The quantitative estimate of drug-likeness (QED) is 0.861. The zero-order chi connectivity index (χ0) is 13.0. The van der Waals surface area contributed by atoms with Gasteiger partial charge in [-0.3, -0.25) is 0 Å². The second-order valence-electron chi connectivity index (χ2n) is 4.72. The van der Waals surface area contributed by atoms with Gasteiger partial charge in [0.25, 0.3) is 0 Å². The van der Waals surface area contributed by atoms with Gasteiger partial charge in [-0.1, -0.05) is 23.4 Å². The fourth-order valence-corrected chi connectivity index (χ4v) is 1.85. The molecule has 0 aromatic heterocycles. The van der Waals surface area contributed by atoms with Crippen molar-refractivity contribution < 1.29 is 9.63 Å². The molecule has 0 bridgehead atoms. The van der Waals surface area contributed by atoms with Gasteiger partial charge in [-0.15, -0.1) is 0 Å². The molecule has 1 heterocycles. The zero-order valence-corrected chi connectivity index (χ0v) is 10.6. The van der Waals surface area contributed by atoms with Crippen molar-refractivity contribution in [2.45, 2.75) is 25.9 Å². The maximum Gasteiger partial charge on any atom is 0.319 e. The molecule has 0 saturated heterocycles. The molecule has 0 saturated carbocycles. The highest BCUT2D eigenvalue weighted by atomic mass is 16.7. The molecule has 2 N–H and O–H groups in total. The fourth-order valence-electron chi connectivity index (χ4n) is 1.85. The van der Waals surface area contributed by atoms with Gasteiger partial charge in [0, 0.05) is 12.1 Å². The number of carbonyl (C=O) groups is 1. The van der Waals surface area contributed by atoms with E-state index in [-0.39, 0.29) is 6.03 Å². The number of benzene rings is 1. The molecule has 1 aliphatic rings. The molecular formula is C13H17N3O2. The first-order valence-electron chi connectivity index (χ1n) is 5.89. The van der Waals surface area contributed by atoms with Crippen LogP contribution < -0.4 is 10.6 Å². The molecule has 1 aromatic rings. The lowest BCUT2D eigenvalue weighted by Crippen LogP contribution is -2.42. The molecule has 1 aromatic carbocycles. The van der Waals surface area contributed by atoms with Gasteiger partial charge in [0.05, 0.1) is 12.3 Å². The molecule has 1 atom stereocenters. The minimum absolute atomic E-state index is 0.240. The molecule has 5 heteroatoms. The molecule has 0 aliphatic carbocycles. The number of rotatable bonds is 3. The van der Waals surface area contributed by atoms with Crippen LogP contribution in [0.5, 0.6) is 0 Å². The highest BCUT2D eigenvalue weighted by molar-refractivity contribution is 5.89. The molecule has 2 amide bonds. The van der Waals surface area contributed by atoms with Gasteiger partial charge in [0.1, 0.15) is 0 Å². The summed E-state index contributed by atoms with van der Waals surface area (Å²) in [6.07, 6.45) is 0.735. The lowest BCUT2D eigenvalue weighted by molar-refractivity contribution is -0.0000958. The van der Waals surface area contributed by atoms with E-state index in [1.165, 1.54) is 0 Å². The van der Waals surface area contributed by atoms with Crippen LogP contribution in [0.1, 0.15) is 20.3 Å². The Hall–Kier alpha value is -2.04. The maximum atomic E-state index is 11.7. The van der Waals surface area contributed by atoms with Crippen molar-refractivity contribution >= 4 is 17.4 Å². The first kappa shape index (κ1) is 12.4. The van der Waals surface area contributed by atoms with E-state index in [1.807, 2.05) is 44.2 Å². The Bertz CT molecular complexity index is 459. The topological polar surface area (TPSA) is 62.7 Å². The Morgan fingerprint density at radius 2 is 2.17 bits per heavy atom. The van der Waals surface area contributed by atoms with Gasteiger partial charge >= 0.3 is 6.03 Å². The van der Waals surface area contributed by atoms with E-state index >= 15 is 0 Å². The largest absolute Gasteiger partial charge is 0.387 e. The number of amides is 2. The van der Waals surface area contributed by atoms with E-state index in [9.17, 15) is 4.79 Å². The van der Waals surface area contributed by atoms with Gasteiger partial charge in [-0.05, 0) is 26.0 Å². The molecule has 96 valence electrons. The van der Waals surface area contributed by atoms with Crippen LogP contribution in [0, 0.1) is 0 Å². The van der Waals surface area contributed by atoms with E-state index in [0.29, 0.717) is 6.54 Å². The van der Waals surface area contributed by atoms with Crippen LogP contribution in [0.3, 0.4) is 0 Å². The predicted molar refractivity (Wildman–Crippen MR) is 70.7 cm³/mol. The summed E-state index contributed by atoms with van der Waals surface area (Å²) in [4.78, 5) is 17.0. The number of urea groups is 1. The third-order valence-electron chi connectivity index (χ3n) is 2.71. The summed E-state index contributed by atoms with van der Waals surface area (Å²) in [6.45, 7) is 4.26.